The Balaban J connectivity index is 2.17. The SMILES string of the molecule is Cc1ncccc1C(N)Cc1nc(C)c(C)s1. The number of pyridine rings is 1. The van der Waals surface area contributed by atoms with Crippen LogP contribution in [0, 0.1) is 20.8 Å². The van der Waals surface area contributed by atoms with E-state index in [9.17, 15) is 0 Å². The predicted molar refractivity (Wildman–Crippen MR) is 71.2 cm³/mol. The van der Waals surface area contributed by atoms with E-state index in [-0.39, 0.29) is 6.04 Å². The van der Waals surface area contributed by atoms with E-state index in [2.05, 4.69) is 16.9 Å². The molecule has 0 bridgehead atoms. The molecule has 0 amide bonds. The van der Waals surface area contributed by atoms with E-state index >= 15 is 0 Å². The molecule has 0 aliphatic heterocycles. The van der Waals surface area contributed by atoms with E-state index in [1.54, 1.807) is 17.5 Å². The third kappa shape index (κ3) is 2.70. The number of hydrogen-bond donors (Lipinski definition) is 1. The Hall–Kier alpha value is -1.26. The number of nitrogens with two attached hydrogens (primary N) is 1. The van der Waals surface area contributed by atoms with Gasteiger partial charge in [0.05, 0.1) is 10.7 Å². The lowest BCUT2D eigenvalue weighted by molar-refractivity contribution is 0.706. The summed E-state index contributed by atoms with van der Waals surface area (Å²) in [6.07, 6.45) is 2.58. The van der Waals surface area contributed by atoms with E-state index in [1.807, 2.05) is 26.0 Å². The second-order valence-electron chi connectivity index (χ2n) is 4.24. The zero-order valence-electron chi connectivity index (χ0n) is 10.4. The maximum absolute atomic E-state index is 6.21. The Kier molecular flexibility index (Phi) is 3.54. The van der Waals surface area contributed by atoms with Gasteiger partial charge in [-0.2, -0.15) is 0 Å². The third-order valence-electron chi connectivity index (χ3n) is 2.91. The van der Waals surface area contributed by atoms with Crippen LogP contribution in [0.25, 0.3) is 0 Å². The first-order valence-electron chi connectivity index (χ1n) is 5.68. The standard InChI is InChI=1S/C13H17N3S/c1-8-10(3)17-13(16-8)7-12(14)11-5-4-6-15-9(11)2/h4-6,12H,7,14H2,1-3H3. The maximum atomic E-state index is 6.21. The zero-order valence-corrected chi connectivity index (χ0v) is 11.2. The molecule has 1 atom stereocenters. The quantitative estimate of drug-likeness (QED) is 0.907. The van der Waals surface area contributed by atoms with Gasteiger partial charge in [0.25, 0.3) is 0 Å². The summed E-state index contributed by atoms with van der Waals surface area (Å²) in [4.78, 5) is 10.1. The van der Waals surface area contributed by atoms with Crippen LogP contribution in [0.1, 0.15) is 32.9 Å². The van der Waals surface area contributed by atoms with Crippen LogP contribution in [0.3, 0.4) is 0 Å². The van der Waals surface area contributed by atoms with Crippen molar-refractivity contribution in [3.05, 3.63) is 45.2 Å². The van der Waals surface area contributed by atoms with Crippen LogP contribution in [0.15, 0.2) is 18.3 Å². The highest BCUT2D eigenvalue weighted by molar-refractivity contribution is 7.11. The first-order valence-corrected chi connectivity index (χ1v) is 6.49. The summed E-state index contributed by atoms with van der Waals surface area (Å²) in [7, 11) is 0. The molecule has 0 spiro atoms. The lowest BCUT2D eigenvalue weighted by atomic mass is 10.0. The van der Waals surface area contributed by atoms with E-state index in [0.717, 1.165) is 28.4 Å². The van der Waals surface area contributed by atoms with Crippen LogP contribution in [0.2, 0.25) is 0 Å². The molecular weight excluding hydrogens is 230 g/mol. The van der Waals surface area contributed by atoms with Gasteiger partial charge in [-0.05, 0) is 32.4 Å². The molecule has 0 radical (unpaired) electrons. The highest BCUT2D eigenvalue weighted by atomic mass is 32.1. The number of aromatic nitrogens is 2. The summed E-state index contributed by atoms with van der Waals surface area (Å²) >= 11 is 1.73. The molecule has 2 N–H and O–H groups in total. The average molecular weight is 247 g/mol. The van der Waals surface area contributed by atoms with Crippen molar-refractivity contribution in [2.45, 2.75) is 33.2 Å². The number of nitrogens with zero attached hydrogens (tertiary/aromatic N) is 2. The zero-order chi connectivity index (χ0) is 12.4. The van der Waals surface area contributed by atoms with Gasteiger partial charge < -0.3 is 5.73 Å². The minimum absolute atomic E-state index is 0.0198. The second-order valence-corrected chi connectivity index (χ2v) is 5.53. The van der Waals surface area contributed by atoms with Gasteiger partial charge in [-0.1, -0.05) is 6.07 Å². The van der Waals surface area contributed by atoms with E-state index in [0.29, 0.717) is 0 Å². The Bertz CT molecular complexity index is 500. The van der Waals surface area contributed by atoms with E-state index < -0.39 is 0 Å². The van der Waals surface area contributed by atoms with Crippen LogP contribution in [0.5, 0.6) is 0 Å². The lowest BCUT2D eigenvalue weighted by Gasteiger charge is -2.12. The van der Waals surface area contributed by atoms with Gasteiger partial charge in [0.15, 0.2) is 0 Å². The van der Waals surface area contributed by atoms with Crippen molar-refractivity contribution in [1.82, 2.24) is 9.97 Å². The Morgan fingerprint density at radius 2 is 2.06 bits per heavy atom. The Morgan fingerprint density at radius 1 is 1.29 bits per heavy atom. The van der Waals surface area contributed by atoms with E-state index in [1.165, 1.54) is 4.88 Å². The Morgan fingerprint density at radius 3 is 2.65 bits per heavy atom. The number of thiazole rings is 1. The van der Waals surface area contributed by atoms with Crippen molar-refractivity contribution in [3.63, 3.8) is 0 Å². The minimum Gasteiger partial charge on any atom is -0.324 e. The van der Waals surface area contributed by atoms with Crippen molar-refractivity contribution in [2.24, 2.45) is 5.73 Å². The molecule has 2 heterocycles. The summed E-state index contributed by atoms with van der Waals surface area (Å²) in [5.74, 6) is 0. The molecule has 4 heteroatoms. The number of aryl methyl sites for hydroxylation is 3. The lowest BCUT2D eigenvalue weighted by Crippen LogP contribution is -2.15. The summed E-state index contributed by atoms with van der Waals surface area (Å²) in [5, 5.41) is 1.11. The van der Waals surface area contributed by atoms with E-state index in [4.69, 9.17) is 5.73 Å². The molecule has 0 aromatic carbocycles. The van der Waals surface area contributed by atoms with Gasteiger partial charge in [0, 0.05) is 29.2 Å². The molecule has 2 rings (SSSR count). The summed E-state index contributed by atoms with van der Waals surface area (Å²) in [6.45, 7) is 6.13. The summed E-state index contributed by atoms with van der Waals surface area (Å²) < 4.78 is 0. The molecule has 17 heavy (non-hydrogen) atoms. The van der Waals surface area contributed by atoms with Gasteiger partial charge in [-0.15, -0.1) is 11.3 Å². The number of hydrogen-bond acceptors (Lipinski definition) is 4. The van der Waals surface area contributed by atoms with Crippen LogP contribution in [-0.4, -0.2) is 9.97 Å². The van der Waals surface area contributed by atoms with Gasteiger partial charge in [0.1, 0.15) is 0 Å². The van der Waals surface area contributed by atoms with Gasteiger partial charge in [-0.25, -0.2) is 4.98 Å². The fourth-order valence-electron chi connectivity index (χ4n) is 1.81. The molecule has 0 aliphatic carbocycles. The first kappa shape index (κ1) is 12.2. The monoisotopic (exact) mass is 247 g/mol. The summed E-state index contributed by atoms with van der Waals surface area (Å²) in [6, 6.07) is 3.95. The van der Waals surface area contributed by atoms with Crippen LogP contribution in [0.4, 0.5) is 0 Å². The maximum Gasteiger partial charge on any atom is 0.0949 e. The largest absolute Gasteiger partial charge is 0.324 e. The highest BCUT2D eigenvalue weighted by Gasteiger charge is 2.13. The minimum atomic E-state index is -0.0198. The third-order valence-corrected chi connectivity index (χ3v) is 4.01. The normalized spacial score (nSPS) is 12.7. The molecule has 3 nitrogen and oxygen atoms in total. The molecule has 2 aromatic rings. The molecule has 0 saturated heterocycles. The van der Waals surface area contributed by atoms with Crippen molar-refractivity contribution < 1.29 is 0 Å². The smallest absolute Gasteiger partial charge is 0.0949 e. The Labute approximate surface area is 106 Å². The van der Waals surface area contributed by atoms with Gasteiger partial charge in [0.2, 0.25) is 0 Å². The van der Waals surface area contributed by atoms with Crippen LogP contribution in [-0.2, 0) is 6.42 Å². The molecule has 0 saturated carbocycles. The fourth-order valence-corrected chi connectivity index (χ4v) is 2.81. The molecule has 0 fully saturated rings. The van der Waals surface area contributed by atoms with Gasteiger partial charge >= 0.3 is 0 Å². The number of rotatable bonds is 3. The highest BCUT2D eigenvalue weighted by Crippen LogP contribution is 2.23. The molecular formula is C13H17N3S. The topological polar surface area (TPSA) is 51.8 Å². The fraction of sp³-hybridized carbons (Fsp3) is 0.385. The van der Waals surface area contributed by atoms with Crippen LogP contribution >= 0.6 is 11.3 Å². The molecule has 0 aliphatic rings. The van der Waals surface area contributed by atoms with Crippen LogP contribution < -0.4 is 5.73 Å². The van der Waals surface area contributed by atoms with Crippen molar-refractivity contribution in [3.8, 4) is 0 Å². The second kappa shape index (κ2) is 4.94. The molecule has 2 aromatic heterocycles. The first-order chi connectivity index (χ1) is 8.08. The molecule has 1 unspecified atom stereocenters. The van der Waals surface area contributed by atoms with Gasteiger partial charge in [-0.3, -0.25) is 4.98 Å². The van der Waals surface area contributed by atoms with Crippen molar-refractivity contribution in [1.29, 1.82) is 0 Å². The average Bonchev–Trinajstić information content (AvgIpc) is 2.58. The molecule has 90 valence electrons. The van der Waals surface area contributed by atoms with Crippen molar-refractivity contribution >= 4 is 11.3 Å². The summed E-state index contributed by atoms with van der Waals surface area (Å²) in [5.41, 5.74) is 9.44. The van der Waals surface area contributed by atoms with Crippen molar-refractivity contribution in [2.75, 3.05) is 0 Å². The predicted octanol–water partition coefficient (Wildman–Crippen LogP) is 2.71.